The second-order valence-electron chi connectivity index (χ2n) is 5.19. The first-order chi connectivity index (χ1) is 10.2. The van der Waals surface area contributed by atoms with E-state index in [1.54, 1.807) is 0 Å². The molecule has 0 heterocycles. The number of esters is 1. The van der Waals surface area contributed by atoms with Crippen molar-refractivity contribution in [2.24, 2.45) is 0 Å². The zero-order valence-corrected chi connectivity index (χ0v) is 13.0. The maximum absolute atomic E-state index is 11.8. The molecular weight excluding hydrogens is 268 g/mol. The molecule has 0 aromatic heterocycles. The van der Waals surface area contributed by atoms with Crippen LogP contribution in [0.2, 0.25) is 0 Å². The fraction of sp³-hybridized carbons (Fsp3) is 0.588. The fourth-order valence-corrected chi connectivity index (χ4v) is 2.13. The summed E-state index contributed by atoms with van der Waals surface area (Å²) in [4.78, 5) is 11.8. The minimum Gasteiger partial charge on any atom is -0.461 e. The van der Waals surface area contributed by atoms with Crippen LogP contribution in [0.25, 0.3) is 0 Å². The molecule has 1 N–H and O–H groups in total. The monoisotopic (exact) mass is 294 g/mol. The highest BCUT2D eigenvalue weighted by molar-refractivity contribution is 5.70. The Kier molecular flexibility index (Phi) is 8.71. The Morgan fingerprint density at radius 1 is 1.24 bits per heavy atom. The summed E-state index contributed by atoms with van der Waals surface area (Å²) in [5, 5.41) is 10.0. The Morgan fingerprint density at radius 3 is 2.57 bits per heavy atom. The minimum absolute atomic E-state index is 0.0800. The van der Waals surface area contributed by atoms with Crippen LogP contribution < -0.4 is 0 Å². The highest BCUT2D eigenvalue weighted by Crippen LogP contribution is 2.13. The molecule has 0 saturated heterocycles. The van der Waals surface area contributed by atoms with E-state index in [1.165, 1.54) is 7.11 Å². The topological polar surface area (TPSA) is 55.8 Å². The summed E-state index contributed by atoms with van der Waals surface area (Å²) >= 11 is 0. The van der Waals surface area contributed by atoms with Crippen LogP contribution in [-0.2, 0) is 20.9 Å². The summed E-state index contributed by atoms with van der Waals surface area (Å²) < 4.78 is 10.4. The predicted octanol–water partition coefficient (Wildman–Crippen LogP) is 3.08. The quantitative estimate of drug-likeness (QED) is 0.532. The van der Waals surface area contributed by atoms with Crippen molar-refractivity contribution in [2.75, 3.05) is 7.11 Å². The Labute approximate surface area is 127 Å². The minimum atomic E-state index is -0.620. The molecule has 1 aromatic rings. The van der Waals surface area contributed by atoms with Crippen LogP contribution in [0.4, 0.5) is 0 Å². The molecule has 4 heteroatoms. The number of ether oxygens (including phenoxy) is 2. The number of hydrogen-bond donors (Lipinski definition) is 1. The number of aliphatic hydroxyl groups is 1. The van der Waals surface area contributed by atoms with Gasteiger partial charge in [0.15, 0.2) is 0 Å². The van der Waals surface area contributed by atoms with Crippen molar-refractivity contribution in [2.45, 2.75) is 57.8 Å². The van der Waals surface area contributed by atoms with Gasteiger partial charge in [-0.3, -0.25) is 4.79 Å². The highest BCUT2D eigenvalue weighted by Gasteiger charge is 2.22. The summed E-state index contributed by atoms with van der Waals surface area (Å²) in [7, 11) is 1.51. The average molecular weight is 294 g/mol. The van der Waals surface area contributed by atoms with Crippen LogP contribution in [0.15, 0.2) is 30.3 Å². The van der Waals surface area contributed by atoms with Gasteiger partial charge >= 0.3 is 5.97 Å². The lowest BCUT2D eigenvalue weighted by atomic mass is 10.0. The molecule has 118 valence electrons. The molecule has 0 spiro atoms. The first-order valence-electron chi connectivity index (χ1n) is 7.57. The number of rotatable bonds is 10. The van der Waals surface area contributed by atoms with Crippen LogP contribution in [0.1, 0.15) is 44.6 Å². The standard InChI is InChI=1S/C17H26O4/c1-3-4-6-11-15(18)16(20-2)12-17(19)21-13-14-9-7-5-8-10-14/h5,7-10,15-16,18H,3-4,6,11-13H2,1-2H3. The summed E-state index contributed by atoms with van der Waals surface area (Å²) in [6.45, 7) is 2.36. The van der Waals surface area contributed by atoms with Gasteiger partial charge in [0.05, 0.1) is 18.6 Å². The largest absolute Gasteiger partial charge is 0.461 e. The molecule has 21 heavy (non-hydrogen) atoms. The normalized spacial score (nSPS) is 13.7. The summed E-state index contributed by atoms with van der Waals surface area (Å²) in [6.07, 6.45) is 2.73. The van der Waals surface area contributed by atoms with Crippen molar-refractivity contribution < 1.29 is 19.4 Å². The molecule has 2 unspecified atom stereocenters. The lowest BCUT2D eigenvalue weighted by Gasteiger charge is -2.20. The van der Waals surface area contributed by atoms with Gasteiger partial charge in [-0.15, -0.1) is 0 Å². The number of methoxy groups -OCH3 is 1. The van der Waals surface area contributed by atoms with Gasteiger partial charge in [-0.1, -0.05) is 56.5 Å². The Balaban J connectivity index is 2.32. The van der Waals surface area contributed by atoms with Gasteiger partial charge in [-0.05, 0) is 12.0 Å². The zero-order chi connectivity index (χ0) is 15.5. The van der Waals surface area contributed by atoms with E-state index >= 15 is 0 Å². The van der Waals surface area contributed by atoms with Crippen LogP contribution in [0.3, 0.4) is 0 Å². The molecule has 2 atom stereocenters. The van der Waals surface area contributed by atoms with Crippen molar-refractivity contribution >= 4 is 5.97 Å². The molecule has 0 saturated carbocycles. The third-order valence-corrected chi connectivity index (χ3v) is 3.45. The average Bonchev–Trinajstić information content (AvgIpc) is 2.51. The van der Waals surface area contributed by atoms with Gasteiger partial charge in [0.2, 0.25) is 0 Å². The second-order valence-corrected chi connectivity index (χ2v) is 5.19. The van der Waals surface area contributed by atoms with E-state index in [-0.39, 0.29) is 19.0 Å². The smallest absolute Gasteiger partial charge is 0.308 e. The lowest BCUT2D eigenvalue weighted by Crippen LogP contribution is -2.31. The SMILES string of the molecule is CCCCCC(O)C(CC(=O)OCc1ccccc1)OC. The van der Waals surface area contributed by atoms with Gasteiger partial charge in [-0.2, -0.15) is 0 Å². The van der Waals surface area contributed by atoms with Crippen LogP contribution in [0, 0.1) is 0 Å². The Bertz CT molecular complexity index is 391. The number of benzene rings is 1. The highest BCUT2D eigenvalue weighted by atomic mass is 16.5. The van der Waals surface area contributed by atoms with Gasteiger partial charge in [-0.25, -0.2) is 0 Å². The van der Waals surface area contributed by atoms with Gasteiger partial charge in [0.1, 0.15) is 6.61 Å². The van der Waals surface area contributed by atoms with E-state index < -0.39 is 12.2 Å². The van der Waals surface area contributed by atoms with Gasteiger partial charge < -0.3 is 14.6 Å². The van der Waals surface area contributed by atoms with Crippen LogP contribution in [0.5, 0.6) is 0 Å². The Morgan fingerprint density at radius 2 is 1.95 bits per heavy atom. The summed E-state index contributed by atoms with van der Waals surface area (Å²) in [5.41, 5.74) is 0.948. The molecule has 4 nitrogen and oxygen atoms in total. The molecule has 0 fully saturated rings. The number of carbonyl (C=O) groups excluding carboxylic acids is 1. The molecule has 1 rings (SSSR count). The van der Waals surface area contributed by atoms with E-state index in [0.717, 1.165) is 24.8 Å². The molecule has 0 aliphatic carbocycles. The van der Waals surface area contributed by atoms with Crippen molar-refractivity contribution in [1.82, 2.24) is 0 Å². The summed E-state index contributed by atoms with van der Waals surface area (Å²) in [6, 6.07) is 9.53. The van der Waals surface area contributed by atoms with Gasteiger partial charge in [0.25, 0.3) is 0 Å². The van der Waals surface area contributed by atoms with E-state index in [1.807, 2.05) is 30.3 Å². The first kappa shape index (κ1) is 17.7. The van der Waals surface area contributed by atoms with Crippen LogP contribution in [-0.4, -0.2) is 30.4 Å². The van der Waals surface area contributed by atoms with Crippen molar-refractivity contribution in [3.8, 4) is 0 Å². The second kappa shape index (κ2) is 10.4. The Hall–Kier alpha value is -1.39. The van der Waals surface area contributed by atoms with E-state index in [9.17, 15) is 9.90 Å². The summed E-state index contributed by atoms with van der Waals surface area (Å²) in [5.74, 6) is -0.347. The van der Waals surface area contributed by atoms with Crippen molar-refractivity contribution in [1.29, 1.82) is 0 Å². The third kappa shape index (κ3) is 7.25. The number of aliphatic hydroxyl groups excluding tert-OH is 1. The van der Waals surface area contributed by atoms with Crippen molar-refractivity contribution in [3.63, 3.8) is 0 Å². The number of unbranched alkanes of at least 4 members (excludes halogenated alkanes) is 2. The third-order valence-electron chi connectivity index (χ3n) is 3.45. The number of hydrogen-bond acceptors (Lipinski definition) is 4. The van der Waals surface area contributed by atoms with Gasteiger partial charge in [0, 0.05) is 7.11 Å². The lowest BCUT2D eigenvalue weighted by molar-refractivity contribution is -0.150. The van der Waals surface area contributed by atoms with E-state index in [0.29, 0.717) is 6.42 Å². The maximum atomic E-state index is 11.8. The maximum Gasteiger partial charge on any atom is 0.308 e. The molecule has 0 aliphatic heterocycles. The van der Waals surface area contributed by atoms with Crippen molar-refractivity contribution in [3.05, 3.63) is 35.9 Å². The zero-order valence-electron chi connectivity index (χ0n) is 13.0. The fourth-order valence-electron chi connectivity index (χ4n) is 2.13. The molecule has 0 bridgehead atoms. The number of carbonyl (C=O) groups is 1. The molecular formula is C17H26O4. The van der Waals surface area contributed by atoms with E-state index in [4.69, 9.17) is 9.47 Å². The van der Waals surface area contributed by atoms with E-state index in [2.05, 4.69) is 6.92 Å². The molecule has 0 radical (unpaired) electrons. The first-order valence-corrected chi connectivity index (χ1v) is 7.57. The predicted molar refractivity (Wildman–Crippen MR) is 81.8 cm³/mol. The molecule has 0 amide bonds. The van der Waals surface area contributed by atoms with Crippen LogP contribution >= 0.6 is 0 Å². The molecule has 1 aromatic carbocycles. The molecule has 0 aliphatic rings.